The van der Waals surface area contributed by atoms with Crippen LogP contribution in [0.4, 0.5) is 0 Å². The first-order valence-electron chi connectivity index (χ1n) is 13.7. The van der Waals surface area contributed by atoms with Crippen LogP contribution in [0.2, 0.25) is 0 Å². The predicted molar refractivity (Wildman–Crippen MR) is 160 cm³/mol. The largest absolute Gasteiger partial charge is 0.490 e. The minimum Gasteiger partial charge on any atom is -0.490 e. The van der Waals surface area contributed by atoms with Crippen molar-refractivity contribution < 1.29 is 29.0 Å². The first kappa shape index (κ1) is 32.0. The van der Waals surface area contributed by atoms with Crippen molar-refractivity contribution in [3.05, 3.63) is 52.3 Å². The van der Waals surface area contributed by atoms with Crippen LogP contribution >= 0.6 is 17.0 Å². The smallest absolute Gasteiger partial charge is 0.341 e. The number of aromatic nitrogens is 1. The Morgan fingerprint density at radius 2 is 1.88 bits per heavy atom. The zero-order valence-electron chi connectivity index (χ0n) is 24.0. The number of unbranched alkanes of at least 4 members (excludes halogenated alkanes) is 1. The van der Waals surface area contributed by atoms with Gasteiger partial charge in [-0.25, -0.2) is 9.78 Å². The molecule has 1 aliphatic carbocycles. The number of pyridine rings is 1. The number of benzene rings is 1. The fraction of sp³-hybridized carbons (Fsp3) is 0.500. The molecule has 11 heteroatoms. The number of ketones is 1. The van der Waals surface area contributed by atoms with E-state index in [-0.39, 0.29) is 41.1 Å². The number of hydrogen-bond donors (Lipinski definition) is 3. The Hall–Kier alpha value is -3.47. The number of halogens is 1. The van der Waals surface area contributed by atoms with E-state index in [0.717, 1.165) is 24.1 Å². The van der Waals surface area contributed by atoms with Crippen molar-refractivity contribution in [3.63, 3.8) is 0 Å². The molecular weight excluding hydrogens is 592 g/mol. The average Bonchev–Trinajstić information content (AvgIpc) is 3.69. The summed E-state index contributed by atoms with van der Waals surface area (Å²) in [6.07, 6.45) is 3.59. The Balaban J connectivity index is 0.00000462. The molecule has 0 saturated heterocycles. The van der Waals surface area contributed by atoms with E-state index in [9.17, 15) is 19.5 Å². The van der Waals surface area contributed by atoms with Gasteiger partial charge in [0, 0.05) is 48.3 Å². The molecule has 1 saturated carbocycles. The molecule has 10 nitrogen and oxygen atoms in total. The van der Waals surface area contributed by atoms with E-state index in [4.69, 9.17) is 19.9 Å². The fourth-order valence-corrected chi connectivity index (χ4v) is 4.66. The molecule has 0 unspecified atom stereocenters. The van der Waals surface area contributed by atoms with Gasteiger partial charge < -0.3 is 24.8 Å². The second-order valence-corrected chi connectivity index (χ2v) is 11.5. The average molecular weight is 632 g/mol. The molecule has 1 aliphatic heterocycles. The van der Waals surface area contributed by atoms with Crippen LogP contribution in [0.25, 0.3) is 0 Å². The SMILES string of the molecule is Br.CC(=O)NCCCCOc1cc(C(=O)CN2Cc3ccc(C4CC4)nc3C2=N)cc(C(C)(C)C)c1OCC(=O)O. The number of nitrogens with zero attached hydrogens (tertiary/aromatic N) is 2. The number of nitrogens with one attached hydrogen (secondary N) is 2. The molecule has 1 fully saturated rings. The summed E-state index contributed by atoms with van der Waals surface area (Å²) >= 11 is 0. The number of hydrogen-bond acceptors (Lipinski definition) is 7. The Morgan fingerprint density at radius 1 is 1.15 bits per heavy atom. The summed E-state index contributed by atoms with van der Waals surface area (Å²) in [5, 5.41) is 20.7. The van der Waals surface area contributed by atoms with Crippen LogP contribution in [-0.2, 0) is 21.5 Å². The number of carbonyl (C=O) groups excluding carboxylic acids is 2. The summed E-state index contributed by atoms with van der Waals surface area (Å²) in [5.74, 6) is -0.0787. The molecule has 2 aliphatic rings. The van der Waals surface area contributed by atoms with Crippen molar-refractivity contribution in [3.8, 4) is 11.5 Å². The van der Waals surface area contributed by atoms with E-state index in [0.29, 0.717) is 66.8 Å². The molecule has 0 spiro atoms. The first-order valence-corrected chi connectivity index (χ1v) is 13.7. The molecule has 222 valence electrons. The molecule has 1 amide bonds. The quantitative estimate of drug-likeness (QED) is 0.215. The van der Waals surface area contributed by atoms with E-state index < -0.39 is 18.0 Å². The van der Waals surface area contributed by atoms with Gasteiger partial charge >= 0.3 is 5.97 Å². The minimum absolute atomic E-state index is 0. The van der Waals surface area contributed by atoms with Gasteiger partial charge in [-0.05, 0) is 49.3 Å². The zero-order valence-corrected chi connectivity index (χ0v) is 25.8. The lowest BCUT2D eigenvalue weighted by molar-refractivity contribution is -0.139. The van der Waals surface area contributed by atoms with Crippen LogP contribution in [-0.4, -0.2) is 64.8 Å². The molecule has 1 aromatic heterocycles. The van der Waals surface area contributed by atoms with Crippen LogP contribution in [0.15, 0.2) is 24.3 Å². The first-order chi connectivity index (χ1) is 18.9. The molecule has 0 atom stereocenters. The highest BCUT2D eigenvalue weighted by Gasteiger charge is 2.32. The number of carboxylic acid groups (broad SMARTS) is 1. The Morgan fingerprint density at radius 3 is 2.51 bits per heavy atom. The summed E-state index contributed by atoms with van der Waals surface area (Å²) in [6.45, 7) is 8.05. The Labute approximate surface area is 251 Å². The third-order valence-electron chi connectivity index (χ3n) is 6.96. The van der Waals surface area contributed by atoms with E-state index in [1.807, 2.05) is 32.9 Å². The van der Waals surface area contributed by atoms with Gasteiger partial charge in [0.2, 0.25) is 5.91 Å². The molecule has 2 aromatic rings. The van der Waals surface area contributed by atoms with Crippen molar-refractivity contribution in [2.24, 2.45) is 0 Å². The Kier molecular flexibility index (Phi) is 10.5. The topological polar surface area (TPSA) is 142 Å². The Bertz CT molecular complexity index is 1320. The van der Waals surface area contributed by atoms with Crippen LogP contribution in [0.5, 0.6) is 11.5 Å². The number of amides is 1. The molecular formula is C30H39BrN4O6. The van der Waals surface area contributed by atoms with Crippen LogP contribution in [0.3, 0.4) is 0 Å². The van der Waals surface area contributed by atoms with E-state index in [1.54, 1.807) is 17.0 Å². The second-order valence-electron chi connectivity index (χ2n) is 11.5. The fourth-order valence-electron chi connectivity index (χ4n) is 4.66. The number of amidine groups is 1. The molecule has 2 heterocycles. The maximum Gasteiger partial charge on any atom is 0.341 e. The van der Waals surface area contributed by atoms with Crippen LogP contribution in [0.1, 0.15) is 92.2 Å². The number of ether oxygens (including phenoxy) is 2. The van der Waals surface area contributed by atoms with Crippen LogP contribution < -0.4 is 14.8 Å². The maximum absolute atomic E-state index is 13.6. The van der Waals surface area contributed by atoms with Gasteiger partial charge in [0.25, 0.3) is 0 Å². The number of carbonyl (C=O) groups is 3. The summed E-state index contributed by atoms with van der Waals surface area (Å²) < 4.78 is 11.7. The number of fused-ring (bicyclic) bond motifs is 1. The normalized spacial score (nSPS) is 14.2. The van der Waals surface area contributed by atoms with Gasteiger partial charge in [0.15, 0.2) is 23.9 Å². The van der Waals surface area contributed by atoms with Gasteiger partial charge in [-0.1, -0.05) is 26.8 Å². The van der Waals surface area contributed by atoms with Crippen molar-refractivity contribution in [2.45, 2.75) is 71.3 Å². The van der Waals surface area contributed by atoms with Gasteiger partial charge in [-0.3, -0.25) is 15.0 Å². The number of Topliss-reactive ketones (excluding diaryl/α,β-unsaturated/α-hetero) is 1. The monoisotopic (exact) mass is 630 g/mol. The standard InChI is InChI=1S/C30H38N4O6.BrH/c1-18(35)32-11-5-6-12-39-25-14-21(13-22(30(2,3)4)28(25)40-17-26(37)38)24(36)16-34-15-20-9-10-23(19-7-8-19)33-27(20)29(34)31;/h9-10,13-14,19,31H,5-8,11-12,15-17H2,1-4H3,(H,32,35)(H,37,38);1H. The van der Waals surface area contributed by atoms with Crippen molar-refractivity contribution in [2.75, 3.05) is 26.3 Å². The molecule has 1 aromatic carbocycles. The third-order valence-corrected chi connectivity index (χ3v) is 6.96. The summed E-state index contributed by atoms with van der Waals surface area (Å²) in [5.41, 5.74) is 3.18. The summed E-state index contributed by atoms with van der Waals surface area (Å²) in [6, 6.07) is 7.37. The van der Waals surface area contributed by atoms with Gasteiger partial charge in [-0.15, -0.1) is 17.0 Å². The molecule has 41 heavy (non-hydrogen) atoms. The number of aliphatic carboxylic acids is 1. The van der Waals surface area contributed by atoms with E-state index in [1.165, 1.54) is 6.92 Å². The lowest BCUT2D eigenvalue weighted by Crippen LogP contribution is -2.30. The lowest BCUT2D eigenvalue weighted by atomic mass is 9.84. The van der Waals surface area contributed by atoms with Crippen molar-refractivity contribution in [1.29, 1.82) is 5.41 Å². The van der Waals surface area contributed by atoms with Gasteiger partial charge in [0.1, 0.15) is 11.5 Å². The maximum atomic E-state index is 13.6. The summed E-state index contributed by atoms with van der Waals surface area (Å²) in [4.78, 5) is 42.4. The molecule has 3 N–H and O–H groups in total. The molecule has 0 radical (unpaired) electrons. The highest BCUT2D eigenvalue weighted by Crippen LogP contribution is 2.41. The number of carboxylic acids is 1. The second kappa shape index (κ2) is 13.5. The van der Waals surface area contributed by atoms with E-state index >= 15 is 0 Å². The van der Waals surface area contributed by atoms with Crippen molar-refractivity contribution >= 4 is 40.5 Å². The number of rotatable bonds is 13. The lowest BCUT2D eigenvalue weighted by Gasteiger charge is -2.26. The predicted octanol–water partition coefficient (Wildman–Crippen LogP) is 4.62. The van der Waals surface area contributed by atoms with E-state index in [2.05, 4.69) is 5.32 Å². The minimum atomic E-state index is -1.12. The third kappa shape index (κ3) is 8.28. The van der Waals surface area contributed by atoms with Crippen molar-refractivity contribution in [1.82, 2.24) is 15.2 Å². The highest BCUT2D eigenvalue weighted by molar-refractivity contribution is 8.93. The van der Waals surface area contributed by atoms with Gasteiger partial charge in [-0.2, -0.15) is 0 Å². The zero-order chi connectivity index (χ0) is 29.0. The molecule has 0 bridgehead atoms. The highest BCUT2D eigenvalue weighted by atomic mass is 79.9. The molecule has 4 rings (SSSR count). The summed E-state index contributed by atoms with van der Waals surface area (Å²) in [7, 11) is 0. The van der Waals surface area contributed by atoms with Crippen LogP contribution in [0, 0.1) is 5.41 Å². The van der Waals surface area contributed by atoms with Gasteiger partial charge in [0.05, 0.1) is 13.2 Å².